The number of carbonyl (C=O) groups is 2. The van der Waals surface area contributed by atoms with Crippen molar-refractivity contribution < 1.29 is 14.7 Å². The van der Waals surface area contributed by atoms with Gasteiger partial charge in [0.25, 0.3) is 0 Å². The largest absolute Gasteiger partial charge is 0.480 e. The molecule has 2 amide bonds. The molecule has 5 heteroatoms. The highest BCUT2D eigenvalue weighted by molar-refractivity contribution is 5.86. The molecule has 108 valence electrons. The van der Waals surface area contributed by atoms with Crippen LogP contribution in [0, 0.1) is 5.92 Å². The summed E-state index contributed by atoms with van der Waals surface area (Å²) in [4.78, 5) is 23.2. The summed E-state index contributed by atoms with van der Waals surface area (Å²) in [6.45, 7) is 8.23. The summed E-state index contributed by atoms with van der Waals surface area (Å²) in [5.41, 5.74) is -0.112. The maximum atomic E-state index is 11.8. The van der Waals surface area contributed by atoms with Crippen LogP contribution in [0.5, 0.6) is 0 Å². The van der Waals surface area contributed by atoms with Crippen LogP contribution in [0.3, 0.4) is 0 Å². The first kappa shape index (κ1) is 15.5. The number of aliphatic carboxylic acids is 1. The molecule has 0 aliphatic heterocycles. The molecular weight excluding hydrogens is 244 g/mol. The van der Waals surface area contributed by atoms with Gasteiger partial charge in [-0.2, -0.15) is 0 Å². The molecule has 5 nitrogen and oxygen atoms in total. The molecule has 0 spiro atoms. The van der Waals surface area contributed by atoms with Crippen LogP contribution in [0.2, 0.25) is 0 Å². The van der Waals surface area contributed by atoms with E-state index in [1.54, 1.807) is 0 Å². The van der Waals surface area contributed by atoms with Gasteiger partial charge in [0, 0.05) is 6.54 Å². The summed E-state index contributed by atoms with van der Waals surface area (Å²) in [7, 11) is 0. The van der Waals surface area contributed by atoms with E-state index in [4.69, 9.17) is 0 Å². The van der Waals surface area contributed by atoms with Crippen molar-refractivity contribution in [2.75, 3.05) is 6.54 Å². The van der Waals surface area contributed by atoms with Gasteiger partial charge < -0.3 is 15.7 Å². The summed E-state index contributed by atoms with van der Waals surface area (Å²) in [5, 5.41) is 14.7. The molecule has 0 saturated heterocycles. The summed E-state index contributed by atoms with van der Waals surface area (Å²) in [5.74, 6) is -0.407. The first-order chi connectivity index (χ1) is 8.85. The lowest BCUT2D eigenvalue weighted by Crippen LogP contribution is -2.58. The van der Waals surface area contributed by atoms with E-state index < -0.39 is 17.5 Å². The minimum absolute atomic E-state index is 0.404. The van der Waals surface area contributed by atoms with Crippen molar-refractivity contribution in [2.24, 2.45) is 5.92 Å². The standard InChI is InChI=1S/C14H24N2O3/c1-10(2)6-9-15-13(19)16-14(12(17)18)7-4-11(3)5-8-14/h11H,1,4-9H2,2-3H3,(H,17,18)(H2,15,16,19). The first-order valence-corrected chi connectivity index (χ1v) is 6.79. The quantitative estimate of drug-likeness (QED) is 0.669. The summed E-state index contributed by atoms with van der Waals surface area (Å²) in [6, 6.07) is -0.404. The van der Waals surface area contributed by atoms with Crippen molar-refractivity contribution >= 4 is 12.0 Å². The minimum atomic E-state index is -1.10. The fraction of sp³-hybridized carbons (Fsp3) is 0.714. The van der Waals surface area contributed by atoms with Gasteiger partial charge in [-0.1, -0.05) is 12.5 Å². The SMILES string of the molecule is C=C(C)CCNC(=O)NC1(C(=O)O)CCC(C)CC1. The zero-order valence-corrected chi connectivity index (χ0v) is 11.8. The van der Waals surface area contributed by atoms with E-state index in [2.05, 4.69) is 24.1 Å². The number of amides is 2. The van der Waals surface area contributed by atoms with E-state index >= 15 is 0 Å². The van der Waals surface area contributed by atoms with E-state index in [9.17, 15) is 14.7 Å². The normalized spacial score (nSPS) is 26.5. The van der Waals surface area contributed by atoms with Crippen molar-refractivity contribution in [3.63, 3.8) is 0 Å². The van der Waals surface area contributed by atoms with Gasteiger partial charge in [0.1, 0.15) is 5.54 Å². The van der Waals surface area contributed by atoms with Crippen molar-refractivity contribution in [3.05, 3.63) is 12.2 Å². The van der Waals surface area contributed by atoms with Crippen LogP contribution in [0.25, 0.3) is 0 Å². The average Bonchev–Trinajstić information content (AvgIpc) is 2.31. The Morgan fingerprint density at radius 1 is 1.37 bits per heavy atom. The molecule has 1 aliphatic rings. The van der Waals surface area contributed by atoms with Gasteiger partial charge in [0.2, 0.25) is 0 Å². The summed E-state index contributed by atoms with van der Waals surface area (Å²) in [6.07, 6.45) is 3.36. The highest BCUT2D eigenvalue weighted by Crippen LogP contribution is 2.32. The van der Waals surface area contributed by atoms with E-state index in [0.717, 1.165) is 18.4 Å². The molecule has 3 N–H and O–H groups in total. The fourth-order valence-electron chi connectivity index (χ4n) is 2.30. The van der Waals surface area contributed by atoms with Crippen molar-refractivity contribution in [1.82, 2.24) is 10.6 Å². The summed E-state index contributed by atoms with van der Waals surface area (Å²) < 4.78 is 0. The molecule has 0 aromatic heterocycles. The Bertz CT molecular complexity index is 358. The van der Waals surface area contributed by atoms with Gasteiger partial charge in [0.05, 0.1) is 0 Å². The van der Waals surface area contributed by atoms with Crippen LogP contribution in [-0.4, -0.2) is 29.2 Å². The Morgan fingerprint density at radius 2 is 1.95 bits per heavy atom. The Hall–Kier alpha value is -1.52. The monoisotopic (exact) mass is 268 g/mol. The maximum Gasteiger partial charge on any atom is 0.329 e. The number of carboxylic acid groups (broad SMARTS) is 1. The maximum absolute atomic E-state index is 11.8. The Balaban J connectivity index is 2.52. The third-order valence-electron chi connectivity index (χ3n) is 3.73. The second-order valence-corrected chi connectivity index (χ2v) is 5.66. The number of rotatable bonds is 5. The zero-order chi connectivity index (χ0) is 14.5. The Labute approximate surface area is 114 Å². The zero-order valence-electron chi connectivity index (χ0n) is 11.8. The molecule has 0 unspecified atom stereocenters. The molecule has 0 atom stereocenters. The lowest BCUT2D eigenvalue weighted by molar-refractivity contribution is -0.146. The van der Waals surface area contributed by atoms with E-state index in [1.165, 1.54) is 0 Å². The Morgan fingerprint density at radius 3 is 2.42 bits per heavy atom. The van der Waals surface area contributed by atoms with Gasteiger partial charge >= 0.3 is 12.0 Å². The van der Waals surface area contributed by atoms with Crippen LogP contribution >= 0.6 is 0 Å². The smallest absolute Gasteiger partial charge is 0.329 e. The first-order valence-electron chi connectivity index (χ1n) is 6.79. The molecule has 0 heterocycles. The van der Waals surface area contributed by atoms with Crippen LogP contribution < -0.4 is 10.6 Å². The van der Waals surface area contributed by atoms with E-state index in [1.807, 2.05) is 6.92 Å². The van der Waals surface area contributed by atoms with Crippen LogP contribution in [0.15, 0.2) is 12.2 Å². The third kappa shape index (κ3) is 4.58. The second-order valence-electron chi connectivity index (χ2n) is 5.66. The average molecular weight is 268 g/mol. The van der Waals surface area contributed by atoms with Gasteiger partial charge in [-0.15, -0.1) is 6.58 Å². The predicted molar refractivity (Wildman–Crippen MR) is 74.0 cm³/mol. The number of hydrogen-bond donors (Lipinski definition) is 3. The molecule has 0 radical (unpaired) electrons. The summed E-state index contributed by atoms with van der Waals surface area (Å²) >= 11 is 0. The minimum Gasteiger partial charge on any atom is -0.480 e. The highest BCUT2D eigenvalue weighted by Gasteiger charge is 2.42. The van der Waals surface area contributed by atoms with Crippen molar-refractivity contribution in [2.45, 2.75) is 51.5 Å². The third-order valence-corrected chi connectivity index (χ3v) is 3.73. The van der Waals surface area contributed by atoms with Crippen LogP contribution in [0.4, 0.5) is 4.79 Å². The molecule has 1 saturated carbocycles. The molecule has 1 aliphatic carbocycles. The fourth-order valence-corrected chi connectivity index (χ4v) is 2.30. The van der Waals surface area contributed by atoms with Crippen LogP contribution in [-0.2, 0) is 4.79 Å². The lowest BCUT2D eigenvalue weighted by atomic mass is 9.77. The van der Waals surface area contributed by atoms with Crippen molar-refractivity contribution in [1.29, 1.82) is 0 Å². The van der Waals surface area contributed by atoms with Gasteiger partial charge in [0.15, 0.2) is 0 Å². The molecule has 0 bridgehead atoms. The Kier molecular flexibility index (Phi) is 5.39. The lowest BCUT2D eigenvalue weighted by Gasteiger charge is -2.36. The number of hydrogen-bond acceptors (Lipinski definition) is 2. The topological polar surface area (TPSA) is 78.4 Å². The molecule has 1 rings (SSSR count). The molecule has 1 fully saturated rings. The number of carbonyl (C=O) groups excluding carboxylic acids is 1. The molecular formula is C14H24N2O3. The van der Waals surface area contributed by atoms with E-state index in [0.29, 0.717) is 31.7 Å². The van der Waals surface area contributed by atoms with Crippen molar-refractivity contribution in [3.8, 4) is 0 Å². The highest BCUT2D eigenvalue weighted by atomic mass is 16.4. The van der Waals surface area contributed by atoms with Gasteiger partial charge in [-0.25, -0.2) is 9.59 Å². The molecule has 0 aromatic rings. The van der Waals surface area contributed by atoms with Crippen LogP contribution in [0.1, 0.15) is 46.0 Å². The second kappa shape index (κ2) is 6.59. The number of carboxylic acids is 1. The van der Waals surface area contributed by atoms with Gasteiger partial charge in [-0.3, -0.25) is 0 Å². The van der Waals surface area contributed by atoms with E-state index in [-0.39, 0.29) is 0 Å². The van der Waals surface area contributed by atoms with Gasteiger partial charge in [-0.05, 0) is 44.9 Å². The molecule has 0 aromatic carbocycles. The molecule has 19 heavy (non-hydrogen) atoms. The predicted octanol–water partition coefficient (Wildman–Crippen LogP) is 2.29. The number of urea groups is 1. The number of nitrogens with one attached hydrogen (secondary N) is 2.